The summed E-state index contributed by atoms with van der Waals surface area (Å²) in [6, 6.07) is 0. The van der Waals surface area contributed by atoms with Crippen LogP contribution in [0.25, 0.3) is 0 Å². The van der Waals surface area contributed by atoms with E-state index in [1.54, 1.807) is 0 Å². The van der Waals surface area contributed by atoms with E-state index in [2.05, 4.69) is 20.8 Å². The van der Waals surface area contributed by atoms with Crippen molar-refractivity contribution in [2.45, 2.75) is 72.8 Å². The van der Waals surface area contributed by atoms with Crippen molar-refractivity contribution in [1.82, 2.24) is 0 Å². The summed E-state index contributed by atoms with van der Waals surface area (Å²) in [5.74, 6) is 0.632. The topological polar surface area (TPSA) is 37.3 Å². The molecule has 1 N–H and O–H groups in total. The van der Waals surface area contributed by atoms with E-state index in [0.29, 0.717) is 18.8 Å². The highest BCUT2D eigenvalue weighted by Gasteiger charge is 2.45. The van der Waals surface area contributed by atoms with Crippen LogP contribution in [0.2, 0.25) is 0 Å². The monoisotopic (exact) mass is 240 g/mol. The van der Waals surface area contributed by atoms with Gasteiger partial charge in [-0.25, -0.2) is 0 Å². The van der Waals surface area contributed by atoms with Crippen LogP contribution in [0.15, 0.2) is 0 Å². The lowest BCUT2D eigenvalue weighted by molar-refractivity contribution is -0.151. The van der Waals surface area contributed by atoms with Gasteiger partial charge in [-0.3, -0.25) is 4.79 Å². The quantitative estimate of drug-likeness (QED) is 0.761. The molecule has 0 amide bonds. The Bertz CT molecular complexity index is 283. The number of hydrogen-bond donors (Lipinski definition) is 1. The molecule has 2 nitrogen and oxygen atoms in total. The average Bonchev–Trinajstić information content (AvgIpc) is 2.14. The highest BCUT2D eigenvalue weighted by Crippen LogP contribution is 2.43. The maximum Gasteiger partial charge on any atom is 0.169 e. The zero-order valence-electron chi connectivity index (χ0n) is 12.3. The predicted octanol–water partition coefficient (Wildman–Crippen LogP) is 3.57. The summed E-state index contributed by atoms with van der Waals surface area (Å²) < 4.78 is 0. The van der Waals surface area contributed by atoms with Crippen LogP contribution in [-0.2, 0) is 4.79 Å². The van der Waals surface area contributed by atoms with Gasteiger partial charge in [0, 0.05) is 5.41 Å². The molecule has 0 aromatic heterocycles. The molecule has 1 saturated carbocycles. The summed E-state index contributed by atoms with van der Waals surface area (Å²) in [7, 11) is 0. The van der Waals surface area contributed by atoms with Crippen molar-refractivity contribution < 1.29 is 9.90 Å². The molecule has 1 fully saturated rings. The Balaban J connectivity index is 2.71. The van der Waals surface area contributed by atoms with Crippen LogP contribution in [0, 0.1) is 16.7 Å². The third kappa shape index (κ3) is 3.31. The maximum absolute atomic E-state index is 12.2. The minimum atomic E-state index is -1.07. The fraction of sp³-hybridized carbons (Fsp3) is 0.933. The van der Waals surface area contributed by atoms with Crippen molar-refractivity contribution in [2.24, 2.45) is 16.7 Å². The molecule has 0 saturated heterocycles. The Morgan fingerprint density at radius 1 is 1.06 bits per heavy atom. The number of ketones is 1. The molecule has 100 valence electrons. The van der Waals surface area contributed by atoms with Crippen LogP contribution in [0.5, 0.6) is 0 Å². The van der Waals surface area contributed by atoms with Gasteiger partial charge in [0.05, 0.1) is 0 Å². The van der Waals surface area contributed by atoms with Gasteiger partial charge in [0.15, 0.2) is 5.78 Å². The van der Waals surface area contributed by atoms with Gasteiger partial charge >= 0.3 is 0 Å². The molecule has 1 aliphatic rings. The largest absolute Gasteiger partial charge is 0.382 e. The summed E-state index contributed by atoms with van der Waals surface area (Å²) in [5, 5.41) is 10.5. The van der Waals surface area contributed by atoms with Crippen molar-refractivity contribution in [1.29, 1.82) is 0 Å². The van der Waals surface area contributed by atoms with Crippen LogP contribution in [0.1, 0.15) is 67.2 Å². The second-order valence-electron chi connectivity index (χ2n) is 7.75. The smallest absolute Gasteiger partial charge is 0.169 e. The Morgan fingerprint density at radius 3 is 1.76 bits per heavy atom. The van der Waals surface area contributed by atoms with E-state index in [9.17, 15) is 9.90 Å². The number of aliphatic hydroxyl groups is 1. The zero-order chi connectivity index (χ0) is 13.5. The van der Waals surface area contributed by atoms with Crippen LogP contribution < -0.4 is 0 Å². The molecule has 17 heavy (non-hydrogen) atoms. The fourth-order valence-electron chi connectivity index (χ4n) is 2.89. The average molecular weight is 240 g/mol. The molecule has 0 heterocycles. The number of carbonyl (C=O) groups excluding carboxylic acids is 1. The minimum Gasteiger partial charge on any atom is -0.382 e. The molecule has 0 unspecified atom stereocenters. The third-order valence-corrected chi connectivity index (χ3v) is 4.14. The predicted molar refractivity (Wildman–Crippen MR) is 70.8 cm³/mol. The molecule has 1 aliphatic carbocycles. The Labute approximate surface area is 106 Å². The van der Waals surface area contributed by atoms with E-state index in [0.717, 1.165) is 12.8 Å². The fourth-order valence-corrected chi connectivity index (χ4v) is 2.89. The lowest BCUT2D eigenvalue weighted by atomic mass is 9.65. The van der Waals surface area contributed by atoms with Gasteiger partial charge < -0.3 is 5.11 Å². The van der Waals surface area contributed by atoms with Gasteiger partial charge in [0.1, 0.15) is 5.60 Å². The zero-order valence-corrected chi connectivity index (χ0v) is 12.3. The Kier molecular flexibility index (Phi) is 3.79. The van der Waals surface area contributed by atoms with Crippen molar-refractivity contribution in [3.8, 4) is 0 Å². The van der Waals surface area contributed by atoms with E-state index < -0.39 is 11.0 Å². The second-order valence-corrected chi connectivity index (χ2v) is 7.75. The van der Waals surface area contributed by atoms with Crippen molar-refractivity contribution in [3.05, 3.63) is 0 Å². The number of Topliss-reactive ketones (excluding diaryl/α,β-unsaturated/α-hetero) is 1. The summed E-state index contributed by atoms with van der Waals surface area (Å²) in [5.41, 5.74) is -1.23. The molecule has 0 radical (unpaired) electrons. The maximum atomic E-state index is 12.2. The van der Waals surface area contributed by atoms with Gasteiger partial charge in [-0.05, 0) is 37.0 Å². The molecule has 0 aromatic rings. The molecule has 1 rings (SSSR count). The van der Waals surface area contributed by atoms with Crippen molar-refractivity contribution >= 4 is 5.78 Å². The first kappa shape index (κ1) is 14.7. The van der Waals surface area contributed by atoms with Gasteiger partial charge in [-0.2, -0.15) is 0 Å². The van der Waals surface area contributed by atoms with E-state index in [4.69, 9.17) is 0 Å². The van der Waals surface area contributed by atoms with E-state index in [1.165, 1.54) is 0 Å². The van der Waals surface area contributed by atoms with Gasteiger partial charge in [-0.15, -0.1) is 0 Å². The molecule has 0 bridgehead atoms. The molecular weight excluding hydrogens is 212 g/mol. The Morgan fingerprint density at radius 2 is 1.47 bits per heavy atom. The summed E-state index contributed by atoms with van der Waals surface area (Å²) in [6.45, 7) is 12.4. The van der Waals surface area contributed by atoms with Crippen LogP contribution in [0.3, 0.4) is 0 Å². The van der Waals surface area contributed by atoms with Crippen LogP contribution >= 0.6 is 0 Å². The summed E-state index contributed by atoms with van der Waals surface area (Å²) in [6.07, 6.45) is 3.18. The Hall–Kier alpha value is -0.370. The van der Waals surface area contributed by atoms with Gasteiger partial charge in [0.2, 0.25) is 0 Å². The van der Waals surface area contributed by atoms with Gasteiger partial charge in [-0.1, -0.05) is 41.5 Å². The highest BCUT2D eigenvalue weighted by atomic mass is 16.3. The third-order valence-electron chi connectivity index (χ3n) is 4.14. The van der Waals surface area contributed by atoms with Gasteiger partial charge in [0.25, 0.3) is 0 Å². The summed E-state index contributed by atoms with van der Waals surface area (Å²) in [4.78, 5) is 12.2. The molecule has 0 aliphatic heterocycles. The number of carbonyl (C=O) groups is 1. The van der Waals surface area contributed by atoms with E-state index in [1.807, 2.05) is 20.8 Å². The van der Waals surface area contributed by atoms with Crippen molar-refractivity contribution in [2.75, 3.05) is 0 Å². The number of hydrogen-bond acceptors (Lipinski definition) is 2. The number of rotatable bonds is 1. The van der Waals surface area contributed by atoms with Crippen LogP contribution in [0.4, 0.5) is 0 Å². The minimum absolute atomic E-state index is 0.0114. The first-order valence-corrected chi connectivity index (χ1v) is 6.74. The molecule has 0 atom stereocenters. The normalized spacial score (nSPS) is 31.4. The molecule has 0 spiro atoms. The molecular formula is C15H28O2. The second kappa shape index (κ2) is 4.38. The lowest BCUT2D eigenvalue weighted by Crippen LogP contribution is -2.48. The highest BCUT2D eigenvalue weighted by molar-refractivity contribution is 5.91. The molecule has 2 heteroatoms. The lowest BCUT2D eigenvalue weighted by Gasteiger charge is -2.42. The van der Waals surface area contributed by atoms with Crippen molar-refractivity contribution in [3.63, 3.8) is 0 Å². The SMILES string of the molecule is CC(C)(C)C(=O)C1(O)CCC(C(C)(C)C)CC1. The van der Waals surface area contributed by atoms with E-state index in [-0.39, 0.29) is 11.2 Å². The molecule has 0 aromatic carbocycles. The first-order chi connectivity index (χ1) is 7.47. The summed E-state index contributed by atoms with van der Waals surface area (Å²) >= 11 is 0. The first-order valence-electron chi connectivity index (χ1n) is 6.74. The van der Waals surface area contributed by atoms with Crippen LogP contribution in [-0.4, -0.2) is 16.5 Å². The standard InChI is InChI=1S/C15H28O2/c1-13(2,3)11-7-9-15(17,10-8-11)12(16)14(4,5)6/h11,17H,7-10H2,1-6H3. The van der Waals surface area contributed by atoms with E-state index >= 15 is 0 Å².